The van der Waals surface area contributed by atoms with Crippen molar-refractivity contribution in [3.8, 4) is 0 Å². The summed E-state index contributed by atoms with van der Waals surface area (Å²) in [6, 6.07) is 0. The van der Waals surface area contributed by atoms with Crippen molar-refractivity contribution in [1.82, 2.24) is 0 Å². The molecule has 0 aromatic rings. The first-order chi connectivity index (χ1) is 4.61. The number of ether oxygens (including phenoxy) is 1. The maximum Gasteiger partial charge on any atom is 0.113 e. The molecule has 0 spiro atoms. The minimum Gasteiger partial charge on any atom is -0.381 e. The van der Waals surface area contributed by atoms with Gasteiger partial charge in [0, 0.05) is 19.1 Å². The van der Waals surface area contributed by atoms with Gasteiger partial charge in [-0.2, -0.15) is 0 Å². The Labute approximate surface area is 73.3 Å². The number of aliphatic hydroxyl groups is 1. The molecule has 1 saturated heterocycles. The Morgan fingerprint density at radius 2 is 1.91 bits per heavy atom. The Balaban J connectivity index is 0.000001000. The van der Waals surface area contributed by atoms with Crippen LogP contribution in [0.15, 0.2) is 0 Å². The average Bonchev–Trinajstić information content (AvgIpc) is 1.88. The lowest BCUT2D eigenvalue weighted by molar-refractivity contribution is -0.0494. The van der Waals surface area contributed by atoms with Gasteiger partial charge in [-0.15, -0.1) is 12.4 Å². The zero-order valence-electron chi connectivity index (χ0n) is 6.75. The van der Waals surface area contributed by atoms with Gasteiger partial charge in [0.1, 0.15) is 5.72 Å². The minimum atomic E-state index is -1.01. The summed E-state index contributed by atoms with van der Waals surface area (Å²) in [6.07, 6.45) is 1.76. The van der Waals surface area contributed by atoms with Gasteiger partial charge in [-0.3, -0.25) is 0 Å². The molecular formula is C7H16ClNO2. The summed E-state index contributed by atoms with van der Waals surface area (Å²) in [5.41, 5.74) is 4.50. The van der Waals surface area contributed by atoms with Crippen molar-refractivity contribution < 1.29 is 9.84 Å². The zero-order chi connectivity index (χ0) is 7.61. The molecule has 3 N–H and O–H groups in total. The largest absolute Gasteiger partial charge is 0.381 e. The standard InChI is InChI=1S/C7H15NO2.ClH/c1-7(8,9)6-2-4-10-5-3-6;/h6,9H,2-5,8H2,1H3;1H. The molecule has 1 rings (SSSR count). The smallest absolute Gasteiger partial charge is 0.113 e. The Morgan fingerprint density at radius 3 is 2.18 bits per heavy atom. The van der Waals surface area contributed by atoms with Crippen molar-refractivity contribution in [2.75, 3.05) is 13.2 Å². The second-order valence-electron chi connectivity index (χ2n) is 3.11. The molecule has 11 heavy (non-hydrogen) atoms. The van der Waals surface area contributed by atoms with E-state index in [0.29, 0.717) is 0 Å². The lowest BCUT2D eigenvalue weighted by Gasteiger charge is -2.31. The lowest BCUT2D eigenvalue weighted by atomic mass is 9.90. The number of nitrogens with two attached hydrogens (primary N) is 1. The minimum absolute atomic E-state index is 0. The molecule has 68 valence electrons. The zero-order valence-corrected chi connectivity index (χ0v) is 7.56. The van der Waals surface area contributed by atoms with Gasteiger partial charge in [-0.05, 0) is 19.8 Å². The fourth-order valence-electron chi connectivity index (χ4n) is 1.28. The summed E-state index contributed by atoms with van der Waals surface area (Å²) in [5, 5.41) is 9.36. The van der Waals surface area contributed by atoms with Gasteiger partial charge in [0.05, 0.1) is 0 Å². The second-order valence-corrected chi connectivity index (χ2v) is 3.11. The molecule has 0 aromatic carbocycles. The molecule has 0 aliphatic carbocycles. The maximum atomic E-state index is 9.36. The van der Waals surface area contributed by atoms with Crippen LogP contribution in [-0.4, -0.2) is 24.0 Å². The van der Waals surface area contributed by atoms with Crippen LogP contribution in [0.2, 0.25) is 0 Å². The van der Waals surface area contributed by atoms with Crippen LogP contribution in [0, 0.1) is 5.92 Å². The molecule has 0 saturated carbocycles. The Kier molecular flexibility index (Phi) is 4.32. The van der Waals surface area contributed by atoms with Crippen molar-refractivity contribution in [2.24, 2.45) is 11.7 Å². The molecule has 1 atom stereocenters. The van der Waals surface area contributed by atoms with Crippen molar-refractivity contribution in [1.29, 1.82) is 0 Å². The van der Waals surface area contributed by atoms with Crippen LogP contribution in [0.5, 0.6) is 0 Å². The van der Waals surface area contributed by atoms with Gasteiger partial charge in [-0.1, -0.05) is 0 Å². The van der Waals surface area contributed by atoms with Crippen LogP contribution in [-0.2, 0) is 4.74 Å². The summed E-state index contributed by atoms with van der Waals surface area (Å²) < 4.78 is 5.13. The third kappa shape index (κ3) is 3.38. The Hall–Kier alpha value is 0.170. The van der Waals surface area contributed by atoms with Gasteiger partial charge < -0.3 is 15.6 Å². The molecule has 1 fully saturated rings. The predicted molar refractivity (Wildman–Crippen MR) is 45.6 cm³/mol. The van der Waals surface area contributed by atoms with E-state index in [4.69, 9.17) is 10.5 Å². The highest BCUT2D eigenvalue weighted by Gasteiger charge is 2.28. The molecule has 1 aliphatic heterocycles. The molecule has 0 amide bonds. The number of halogens is 1. The maximum absolute atomic E-state index is 9.36. The van der Waals surface area contributed by atoms with Crippen LogP contribution < -0.4 is 5.73 Å². The van der Waals surface area contributed by atoms with E-state index in [9.17, 15) is 5.11 Å². The quantitative estimate of drug-likeness (QED) is 0.580. The highest BCUT2D eigenvalue weighted by molar-refractivity contribution is 5.85. The summed E-state index contributed by atoms with van der Waals surface area (Å²) in [4.78, 5) is 0. The molecular weight excluding hydrogens is 166 g/mol. The first-order valence-electron chi connectivity index (χ1n) is 3.69. The SMILES string of the molecule is CC(N)(O)C1CCOCC1.Cl. The number of hydrogen-bond donors (Lipinski definition) is 2. The summed E-state index contributed by atoms with van der Waals surface area (Å²) in [6.45, 7) is 3.12. The molecule has 3 nitrogen and oxygen atoms in total. The number of hydrogen-bond acceptors (Lipinski definition) is 3. The van der Waals surface area contributed by atoms with Crippen LogP contribution in [0.3, 0.4) is 0 Å². The lowest BCUT2D eigenvalue weighted by Crippen LogP contribution is -2.46. The van der Waals surface area contributed by atoms with Gasteiger partial charge in [0.25, 0.3) is 0 Å². The molecule has 1 heterocycles. The van der Waals surface area contributed by atoms with E-state index in [1.807, 2.05) is 0 Å². The van der Waals surface area contributed by atoms with Crippen LogP contribution in [0.4, 0.5) is 0 Å². The van der Waals surface area contributed by atoms with Gasteiger partial charge >= 0.3 is 0 Å². The van der Waals surface area contributed by atoms with E-state index < -0.39 is 5.72 Å². The number of rotatable bonds is 1. The molecule has 0 aromatic heterocycles. The predicted octanol–water partition coefficient (Wildman–Crippen LogP) is 0.502. The van der Waals surface area contributed by atoms with Crippen LogP contribution >= 0.6 is 12.4 Å². The third-order valence-electron chi connectivity index (χ3n) is 2.05. The first-order valence-corrected chi connectivity index (χ1v) is 3.69. The van der Waals surface area contributed by atoms with Crippen molar-refractivity contribution in [2.45, 2.75) is 25.5 Å². The van der Waals surface area contributed by atoms with E-state index >= 15 is 0 Å². The van der Waals surface area contributed by atoms with E-state index in [-0.39, 0.29) is 18.3 Å². The van der Waals surface area contributed by atoms with E-state index in [2.05, 4.69) is 0 Å². The van der Waals surface area contributed by atoms with Gasteiger partial charge in [0.15, 0.2) is 0 Å². The Morgan fingerprint density at radius 1 is 1.45 bits per heavy atom. The van der Waals surface area contributed by atoms with Crippen molar-refractivity contribution in [3.63, 3.8) is 0 Å². The molecule has 0 bridgehead atoms. The average molecular weight is 182 g/mol. The molecule has 1 aliphatic rings. The fraction of sp³-hybridized carbons (Fsp3) is 1.00. The first kappa shape index (κ1) is 11.2. The van der Waals surface area contributed by atoms with Crippen LogP contribution in [0.1, 0.15) is 19.8 Å². The highest BCUT2D eigenvalue weighted by Crippen LogP contribution is 2.22. The molecule has 4 heteroatoms. The summed E-state index contributed by atoms with van der Waals surface area (Å²) in [5.74, 6) is 0.209. The van der Waals surface area contributed by atoms with E-state index in [1.54, 1.807) is 6.92 Å². The Bertz CT molecular complexity index is 107. The fourth-order valence-corrected chi connectivity index (χ4v) is 1.28. The monoisotopic (exact) mass is 181 g/mol. The highest BCUT2D eigenvalue weighted by atomic mass is 35.5. The van der Waals surface area contributed by atoms with E-state index in [1.165, 1.54) is 0 Å². The summed E-state index contributed by atoms with van der Waals surface area (Å²) in [7, 11) is 0. The second kappa shape index (κ2) is 4.26. The van der Waals surface area contributed by atoms with Crippen LogP contribution in [0.25, 0.3) is 0 Å². The van der Waals surface area contributed by atoms with Gasteiger partial charge in [-0.25, -0.2) is 0 Å². The molecule has 1 unspecified atom stereocenters. The van der Waals surface area contributed by atoms with Gasteiger partial charge in [0.2, 0.25) is 0 Å². The third-order valence-corrected chi connectivity index (χ3v) is 2.05. The van der Waals surface area contributed by atoms with E-state index in [0.717, 1.165) is 26.1 Å². The topological polar surface area (TPSA) is 55.5 Å². The van der Waals surface area contributed by atoms with Crippen molar-refractivity contribution in [3.05, 3.63) is 0 Å². The summed E-state index contributed by atoms with van der Waals surface area (Å²) >= 11 is 0. The molecule has 0 radical (unpaired) electrons. The normalized spacial score (nSPS) is 25.4. The van der Waals surface area contributed by atoms with Crippen molar-refractivity contribution >= 4 is 12.4 Å².